The first-order valence-corrected chi connectivity index (χ1v) is 8.81. The summed E-state index contributed by atoms with van der Waals surface area (Å²) in [6.45, 7) is 8.74. The summed E-state index contributed by atoms with van der Waals surface area (Å²) >= 11 is 0. The first-order chi connectivity index (χ1) is 11.5. The maximum Gasteiger partial charge on any atom is 0.193 e. The van der Waals surface area contributed by atoms with Gasteiger partial charge >= 0.3 is 0 Å². The Morgan fingerprint density at radius 3 is 3.00 bits per heavy atom. The van der Waals surface area contributed by atoms with Crippen LogP contribution >= 0.6 is 0 Å². The molecule has 1 aliphatic rings. The highest BCUT2D eigenvalue weighted by atomic mass is 16.5. The number of nitrogens with one attached hydrogen (secondary N) is 1. The predicted octanol–water partition coefficient (Wildman–Crippen LogP) is 1.10. The van der Waals surface area contributed by atoms with Crippen molar-refractivity contribution in [2.75, 3.05) is 46.9 Å². The normalized spacial score (nSPS) is 20.5. The van der Waals surface area contributed by atoms with Crippen LogP contribution in [-0.4, -0.2) is 78.5 Å². The highest BCUT2D eigenvalue weighted by Gasteiger charge is 2.25. The third-order valence-electron chi connectivity index (χ3n) is 4.77. The van der Waals surface area contributed by atoms with Crippen molar-refractivity contribution in [3.63, 3.8) is 0 Å². The lowest BCUT2D eigenvalue weighted by Gasteiger charge is -2.35. The standard InChI is InChI=1S/C17H32N6O/c1-6-14(2)21(4)8-7-19-17(18-3)23-9-10-24-16(13-23)15-11-20-22(5)12-15/h11-12,14,16H,6-10,13H2,1-5H3,(H,18,19). The Balaban J connectivity index is 1.86. The summed E-state index contributed by atoms with van der Waals surface area (Å²) in [5.41, 5.74) is 1.12. The fourth-order valence-electron chi connectivity index (χ4n) is 2.86. The van der Waals surface area contributed by atoms with Gasteiger partial charge in [-0.05, 0) is 20.4 Å². The van der Waals surface area contributed by atoms with Crippen molar-refractivity contribution in [1.29, 1.82) is 0 Å². The van der Waals surface area contributed by atoms with Gasteiger partial charge in [0.2, 0.25) is 0 Å². The molecule has 2 rings (SSSR count). The molecule has 0 saturated carbocycles. The predicted molar refractivity (Wildman–Crippen MR) is 97.2 cm³/mol. The van der Waals surface area contributed by atoms with Crippen molar-refractivity contribution in [2.24, 2.45) is 12.0 Å². The number of rotatable bonds is 6. The molecule has 7 nitrogen and oxygen atoms in total. The average Bonchev–Trinajstić information content (AvgIpc) is 3.04. The smallest absolute Gasteiger partial charge is 0.193 e. The number of guanidine groups is 1. The van der Waals surface area contributed by atoms with Gasteiger partial charge in [0.1, 0.15) is 6.10 Å². The number of morpholine rings is 1. The molecule has 7 heteroatoms. The molecule has 2 atom stereocenters. The number of ether oxygens (including phenoxy) is 1. The molecule has 0 bridgehead atoms. The van der Waals surface area contributed by atoms with Gasteiger partial charge in [0.05, 0.1) is 19.3 Å². The van der Waals surface area contributed by atoms with Crippen molar-refractivity contribution >= 4 is 5.96 Å². The maximum atomic E-state index is 5.90. The van der Waals surface area contributed by atoms with E-state index in [9.17, 15) is 0 Å². The van der Waals surface area contributed by atoms with E-state index in [-0.39, 0.29) is 6.10 Å². The zero-order valence-corrected chi connectivity index (χ0v) is 15.7. The van der Waals surface area contributed by atoms with E-state index in [1.54, 1.807) is 0 Å². The number of hydrogen-bond acceptors (Lipinski definition) is 4. The largest absolute Gasteiger partial charge is 0.370 e. The molecule has 1 fully saturated rings. The van der Waals surface area contributed by atoms with Crippen LogP contribution in [0.5, 0.6) is 0 Å². The fourth-order valence-corrected chi connectivity index (χ4v) is 2.86. The fraction of sp³-hybridized carbons (Fsp3) is 0.765. The number of aliphatic imine (C=N–C) groups is 1. The molecule has 24 heavy (non-hydrogen) atoms. The molecule has 2 unspecified atom stereocenters. The lowest BCUT2D eigenvalue weighted by atomic mass is 10.1. The molecule has 1 aromatic rings. The zero-order valence-electron chi connectivity index (χ0n) is 15.7. The van der Waals surface area contributed by atoms with E-state index < -0.39 is 0 Å². The van der Waals surface area contributed by atoms with E-state index in [4.69, 9.17) is 4.74 Å². The molecule has 1 N–H and O–H groups in total. The number of nitrogens with zero attached hydrogens (tertiary/aromatic N) is 5. The van der Waals surface area contributed by atoms with Gasteiger partial charge in [-0.2, -0.15) is 5.10 Å². The first-order valence-electron chi connectivity index (χ1n) is 8.81. The Morgan fingerprint density at radius 1 is 1.58 bits per heavy atom. The molecule has 136 valence electrons. The van der Waals surface area contributed by atoms with Crippen LogP contribution in [0.15, 0.2) is 17.4 Å². The van der Waals surface area contributed by atoms with Crippen LogP contribution in [0.25, 0.3) is 0 Å². The molecule has 1 aliphatic heterocycles. The van der Waals surface area contributed by atoms with Crippen molar-refractivity contribution < 1.29 is 4.74 Å². The third kappa shape index (κ3) is 4.95. The first kappa shape index (κ1) is 18.7. The minimum Gasteiger partial charge on any atom is -0.370 e. The Hall–Kier alpha value is -1.60. The topological polar surface area (TPSA) is 57.9 Å². The molecule has 2 heterocycles. The number of likely N-dealkylation sites (N-methyl/N-ethyl adjacent to an activating group) is 1. The number of aryl methyl sites for hydroxylation is 1. The summed E-state index contributed by atoms with van der Waals surface area (Å²) in [4.78, 5) is 9.08. The Morgan fingerprint density at radius 2 is 2.38 bits per heavy atom. The lowest BCUT2D eigenvalue weighted by Crippen LogP contribution is -2.49. The molecule has 1 saturated heterocycles. The van der Waals surface area contributed by atoms with Crippen molar-refractivity contribution in [3.8, 4) is 0 Å². The highest BCUT2D eigenvalue weighted by molar-refractivity contribution is 5.80. The zero-order chi connectivity index (χ0) is 17.5. The SMILES string of the molecule is CCC(C)N(C)CCNC(=NC)N1CCOC(c2cnn(C)c2)C1. The van der Waals surface area contributed by atoms with Gasteiger partial charge < -0.3 is 19.9 Å². The molecule has 0 spiro atoms. The molecule has 0 amide bonds. The van der Waals surface area contributed by atoms with Gasteiger partial charge in [-0.3, -0.25) is 9.67 Å². The molecule has 1 aromatic heterocycles. The van der Waals surface area contributed by atoms with Crippen LogP contribution in [0, 0.1) is 0 Å². The Bertz CT molecular complexity index is 529. The van der Waals surface area contributed by atoms with Gasteiger partial charge in [-0.1, -0.05) is 6.92 Å². The molecule has 0 aliphatic carbocycles. The second-order valence-electron chi connectivity index (χ2n) is 6.46. The van der Waals surface area contributed by atoms with Crippen molar-refractivity contribution in [2.45, 2.75) is 32.4 Å². The second-order valence-corrected chi connectivity index (χ2v) is 6.46. The second kappa shape index (κ2) is 9.03. The van der Waals surface area contributed by atoms with E-state index in [0.29, 0.717) is 12.6 Å². The van der Waals surface area contributed by atoms with E-state index >= 15 is 0 Å². The van der Waals surface area contributed by atoms with Crippen molar-refractivity contribution in [1.82, 2.24) is 24.9 Å². The van der Waals surface area contributed by atoms with Crippen molar-refractivity contribution in [3.05, 3.63) is 18.0 Å². The average molecular weight is 336 g/mol. The maximum absolute atomic E-state index is 5.90. The van der Waals surface area contributed by atoms with Gasteiger partial charge in [0, 0.05) is 51.5 Å². The minimum atomic E-state index is 0.0498. The van der Waals surface area contributed by atoms with Gasteiger partial charge in [-0.25, -0.2) is 0 Å². The van der Waals surface area contributed by atoms with E-state index in [1.807, 2.05) is 31.2 Å². The van der Waals surface area contributed by atoms with E-state index in [1.165, 1.54) is 6.42 Å². The van der Waals surface area contributed by atoms with Crippen LogP contribution in [0.2, 0.25) is 0 Å². The van der Waals surface area contributed by atoms with E-state index in [0.717, 1.165) is 37.7 Å². The molecular formula is C17H32N6O. The summed E-state index contributed by atoms with van der Waals surface area (Å²) in [6, 6.07) is 0.604. The Labute approximate surface area is 145 Å². The summed E-state index contributed by atoms with van der Waals surface area (Å²) < 4.78 is 7.72. The number of hydrogen-bond donors (Lipinski definition) is 1. The highest BCUT2D eigenvalue weighted by Crippen LogP contribution is 2.21. The van der Waals surface area contributed by atoms with Gasteiger partial charge in [-0.15, -0.1) is 0 Å². The molecule has 0 aromatic carbocycles. The monoisotopic (exact) mass is 336 g/mol. The lowest BCUT2D eigenvalue weighted by molar-refractivity contribution is -0.00805. The third-order valence-corrected chi connectivity index (χ3v) is 4.77. The van der Waals surface area contributed by atoms with Crippen LogP contribution < -0.4 is 5.32 Å². The molecule has 0 radical (unpaired) electrons. The van der Waals surface area contributed by atoms with Gasteiger partial charge in [0.25, 0.3) is 0 Å². The summed E-state index contributed by atoms with van der Waals surface area (Å²) in [6.07, 6.45) is 5.12. The van der Waals surface area contributed by atoms with Crippen LogP contribution in [0.3, 0.4) is 0 Å². The van der Waals surface area contributed by atoms with E-state index in [2.05, 4.69) is 46.1 Å². The molecular weight excluding hydrogens is 304 g/mol. The Kier molecular flexibility index (Phi) is 7.05. The van der Waals surface area contributed by atoms with Crippen LogP contribution in [-0.2, 0) is 11.8 Å². The minimum absolute atomic E-state index is 0.0498. The summed E-state index contributed by atoms with van der Waals surface area (Å²) in [5, 5.41) is 7.73. The van der Waals surface area contributed by atoms with Crippen LogP contribution in [0.4, 0.5) is 0 Å². The summed E-state index contributed by atoms with van der Waals surface area (Å²) in [7, 11) is 5.94. The number of aromatic nitrogens is 2. The summed E-state index contributed by atoms with van der Waals surface area (Å²) in [5.74, 6) is 0.949. The van der Waals surface area contributed by atoms with Crippen LogP contribution in [0.1, 0.15) is 31.9 Å². The van der Waals surface area contributed by atoms with Gasteiger partial charge in [0.15, 0.2) is 5.96 Å². The quantitative estimate of drug-likeness (QED) is 0.623.